The standard InChI is InChI=1S/C23H18ClN3O5S/c1-10(2)21-25-26-23(33-21)27-18(11-4-6-14(28)16(8-11)31-3)17-19(29)13-9-12(24)5-7-15(13)32-20(17)22(27)30/h4-10,18,28H,1-3H3. The summed E-state index contributed by atoms with van der Waals surface area (Å²) >= 11 is 7.39. The highest BCUT2D eigenvalue weighted by Gasteiger charge is 2.45. The van der Waals surface area contributed by atoms with Crippen LogP contribution >= 0.6 is 22.9 Å². The van der Waals surface area contributed by atoms with Gasteiger partial charge in [-0.2, -0.15) is 0 Å². The number of benzene rings is 2. The largest absolute Gasteiger partial charge is 0.504 e. The van der Waals surface area contributed by atoms with Crippen molar-refractivity contribution in [1.82, 2.24) is 10.2 Å². The molecule has 2 aromatic heterocycles. The number of halogens is 1. The van der Waals surface area contributed by atoms with Crippen molar-refractivity contribution in [3.05, 3.63) is 73.5 Å². The van der Waals surface area contributed by atoms with E-state index in [2.05, 4.69) is 10.2 Å². The molecular formula is C23H18ClN3O5S. The maximum Gasteiger partial charge on any atom is 0.297 e. The lowest BCUT2D eigenvalue weighted by Gasteiger charge is -2.22. The minimum atomic E-state index is -0.852. The highest BCUT2D eigenvalue weighted by atomic mass is 35.5. The fourth-order valence-electron chi connectivity index (χ4n) is 3.88. The maximum atomic E-state index is 13.6. The number of carbonyl (C=O) groups is 1. The molecule has 0 aliphatic carbocycles. The van der Waals surface area contributed by atoms with Gasteiger partial charge in [0.05, 0.1) is 24.1 Å². The van der Waals surface area contributed by atoms with E-state index in [-0.39, 0.29) is 45.1 Å². The Morgan fingerprint density at radius 2 is 1.97 bits per heavy atom. The molecule has 1 aliphatic heterocycles. The first kappa shape index (κ1) is 21.4. The molecule has 0 spiro atoms. The highest BCUT2D eigenvalue weighted by Crippen LogP contribution is 2.44. The van der Waals surface area contributed by atoms with Crippen LogP contribution in [0.3, 0.4) is 0 Å². The Kier molecular flexibility index (Phi) is 5.10. The summed E-state index contributed by atoms with van der Waals surface area (Å²) in [6.07, 6.45) is 0. The quantitative estimate of drug-likeness (QED) is 0.440. The zero-order chi connectivity index (χ0) is 23.4. The second-order valence-electron chi connectivity index (χ2n) is 7.90. The van der Waals surface area contributed by atoms with E-state index < -0.39 is 11.9 Å². The molecule has 5 rings (SSSR count). The summed E-state index contributed by atoms with van der Waals surface area (Å²) in [5.41, 5.74) is 0.617. The van der Waals surface area contributed by atoms with Crippen molar-refractivity contribution in [3.8, 4) is 11.5 Å². The summed E-state index contributed by atoms with van der Waals surface area (Å²) in [6, 6.07) is 8.49. The number of phenolic OH excluding ortho intramolecular Hbond substituents is 1. The van der Waals surface area contributed by atoms with Crippen molar-refractivity contribution in [2.24, 2.45) is 0 Å². The normalized spacial score (nSPS) is 15.5. The third-order valence-electron chi connectivity index (χ3n) is 5.48. The zero-order valence-electron chi connectivity index (χ0n) is 17.8. The second-order valence-corrected chi connectivity index (χ2v) is 9.33. The Morgan fingerprint density at radius 1 is 1.18 bits per heavy atom. The molecule has 1 N–H and O–H groups in total. The fourth-order valence-corrected chi connectivity index (χ4v) is 4.92. The third-order valence-corrected chi connectivity index (χ3v) is 6.94. The third kappa shape index (κ3) is 3.35. The molecule has 1 aliphatic rings. The Morgan fingerprint density at radius 3 is 2.67 bits per heavy atom. The first-order valence-corrected chi connectivity index (χ1v) is 11.3. The smallest absolute Gasteiger partial charge is 0.297 e. The van der Waals surface area contributed by atoms with Gasteiger partial charge in [0.1, 0.15) is 10.6 Å². The molecule has 0 bridgehead atoms. The number of ether oxygens (including phenoxy) is 1. The number of fused-ring (bicyclic) bond motifs is 2. The Balaban J connectivity index is 1.80. The molecule has 1 unspecified atom stereocenters. The zero-order valence-corrected chi connectivity index (χ0v) is 19.4. The van der Waals surface area contributed by atoms with Crippen LogP contribution in [0.25, 0.3) is 11.0 Å². The Bertz CT molecular complexity index is 1480. The van der Waals surface area contributed by atoms with E-state index in [1.807, 2.05) is 13.8 Å². The van der Waals surface area contributed by atoms with Crippen LogP contribution in [0.1, 0.15) is 52.5 Å². The van der Waals surface area contributed by atoms with Gasteiger partial charge in [0.2, 0.25) is 10.9 Å². The van der Waals surface area contributed by atoms with E-state index in [4.69, 9.17) is 20.8 Å². The number of amides is 1. The summed E-state index contributed by atoms with van der Waals surface area (Å²) in [5, 5.41) is 20.3. The predicted octanol–water partition coefficient (Wildman–Crippen LogP) is 4.89. The van der Waals surface area contributed by atoms with Gasteiger partial charge in [-0.3, -0.25) is 14.5 Å². The number of methoxy groups -OCH3 is 1. The average molecular weight is 484 g/mol. The number of hydrogen-bond donors (Lipinski definition) is 1. The second kappa shape index (κ2) is 7.86. The number of phenols is 1. The van der Waals surface area contributed by atoms with Crippen LogP contribution in [0.2, 0.25) is 5.02 Å². The number of aromatic nitrogens is 2. The predicted molar refractivity (Wildman–Crippen MR) is 125 cm³/mol. The van der Waals surface area contributed by atoms with Crippen LogP contribution in [-0.4, -0.2) is 28.3 Å². The molecule has 2 aromatic carbocycles. The Hall–Kier alpha value is -3.43. The number of hydrogen-bond acceptors (Lipinski definition) is 8. The molecule has 0 radical (unpaired) electrons. The maximum absolute atomic E-state index is 13.6. The van der Waals surface area contributed by atoms with E-state index >= 15 is 0 Å². The molecule has 0 saturated carbocycles. The molecule has 10 heteroatoms. The van der Waals surface area contributed by atoms with Gasteiger partial charge in [0.25, 0.3) is 5.91 Å². The van der Waals surface area contributed by atoms with Crippen LogP contribution in [-0.2, 0) is 0 Å². The first-order chi connectivity index (χ1) is 15.8. The summed E-state index contributed by atoms with van der Waals surface area (Å²) in [7, 11) is 1.42. The number of rotatable bonds is 4. The lowest BCUT2D eigenvalue weighted by molar-refractivity contribution is 0.0970. The van der Waals surface area contributed by atoms with E-state index in [1.54, 1.807) is 24.3 Å². The summed E-state index contributed by atoms with van der Waals surface area (Å²) < 4.78 is 11.2. The molecule has 168 valence electrons. The van der Waals surface area contributed by atoms with Gasteiger partial charge in [-0.25, -0.2) is 0 Å². The van der Waals surface area contributed by atoms with Gasteiger partial charge in [0, 0.05) is 10.9 Å². The molecule has 0 saturated heterocycles. The number of nitrogens with zero attached hydrogens (tertiary/aromatic N) is 3. The van der Waals surface area contributed by atoms with Crippen LogP contribution < -0.4 is 15.1 Å². The molecular weight excluding hydrogens is 466 g/mol. The number of aromatic hydroxyl groups is 1. The summed E-state index contributed by atoms with van der Waals surface area (Å²) in [6.45, 7) is 3.96. The van der Waals surface area contributed by atoms with Crippen molar-refractivity contribution >= 4 is 44.9 Å². The van der Waals surface area contributed by atoms with Crippen LogP contribution in [0.15, 0.2) is 45.6 Å². The van der Waals surface area contributed by atoms with Gasteiger partial charge in [-0.1, -0.05) is 42.9 Å². The topological polar surface area (TPSA) is 106 Å². The van der Waals surface area contributed by atoms with E-state index in [0.717, 1.165) is 5.01 Å². The highest BCUT2D eigenvalue weighted by molar-refractivity contribution is 7.15. The Labute approximate surface area is 197 Å². The van der Waals surface area contributed by atoms with E-state index in [1.165, 1.54) is 35.5 Å². The average Bonchev–Trinajstić information content (AvgIpc) is 3.38. The van der Waals surface area contributed by atoms with Crippen molar-refractivity contribution in [2.75, 3.05) is 12.0 Å². The van der Waals surface area contributed by atoms with Gasteiger partial charge in [-0.05, 0) is 35.9 Å². The molecule has 8 nitrogen and oxygen atoms in total. The van der Waals surface area contributed by atoms with Crippen molar-refractivity contribution < 1.29 is 19.1 Å². The van der Waals surface area contributed by atoms with Crippen LogP contribution in [0, 0.1) is 0 Å². The number of anilines is 1. The monoisotopic (exact) mass is 483 g/mol. The fraction of sp³-hybridized carbons (Fsp3) is 0.217. The van der Waals surface area contributed by atoms with Gasteiger partial charge >= 0.3 is 0 Å². The SMILES string of the molecule is COc1cc(C2c3c(oc4ccc(Cl)cc4c3=O)C(=O)N2c2nnc(C(C)C)s2)ccc1O. The molecule has 1 amide bonds. The van der Waals surface area contributed by atoms with Gasteiger partial charge in [0.15, 0.2) is 16.9 Å². The van der Waals surface area contributed by atoms with Crippen LogP contribution in [0.4, 0.5) is 5.13 Å². The lowest BCUT2D eigenvalue weighted by Crippen LogP contribution is -2.29. The molecule has 33 heavy (non-hydrogen) atoms. The minimum absolute atomic E-state index is 0.0619. The van der Waals surface area contributed by atoms with Crippen molar-refractivity contribution in [2.45, 2.75) is 25.8 Å². The molecule has 0 fully saturated rings. The summed E-state index contributed by atoms with van der Waals surface area (Å²) in [5.74, 6) is -0.293. The van der Waals surface area contributed by atoms with E-state index in [9.17, 15) is 14.7 Å². The van der Waals surface area contributed by atoms with Crippen molar-refractivity contribution in [1.29, 1.82) is 0 Å². The van der Waals surface area contributed by atoms with Crippen molar-refractivity contribution in [3.63, 3.8) is 0 Å². The van der Waals surface area contributed by atoms with Crippen LogP contribution in [0.5, 0.6) is 11.5 Å². The van der Waals surface area contributed by atoms with Gasteiger partial charge < -0.3 is 14.3 Å². The lowest BCUT2D eigenvalue weighted by atomic mass is 9.98. The molecule has 3 heterocycles. The number of carbonyl (C=O) groups excluding carboxylic acids is 1. The molecule has 4 aromatic rings. The minimum Gasteiger partial charge on any atom is -0.504 e. The first-order valence-electron chi connectivity index (χ1n) is 10.1. The molecule has 1 atom stereocenters. The van der Waals surface area contributed by atoms with E-state index in [0.29, 0.717) is 15.7 Å². The van der Waals surface area contributed by atoms with Gasteiger partial charge in [-0.15, -0.1) is 10.2 Å². The summed E-state index contributed by atoms with van der Waals surface area (Å²) in [4.78, 5) is 28.6.